The Morgan fingerprint density at radius 1 is 0.958 bits per heavy atom. The maximum absolute atomic E-state index is 12.1. The van der Waals surface area contributed by atoms with E-state index in [1.165, 1.54) is 12.8 Å². The predicted molar refractivity (Wildman–Crippen MR) is 72.6 cm³/mol. The number of nitrogens with one attached hydrogen (secondary N) is 2. The second-order valence-electron chi connectivity index (χ2n) is 6.07. The molecule has 2 fully saturated rings. The first-order chi connectivity index (χ1) is 10.4. The maximum Gasteiger partial charge on any atom is 2.00 e. The van der Waals surface area contributed by atoms with Crippen molar-refractivity contribution in [1.82, 2.24) is 0 Å². The zero-order valence-corrected chi connectivity index (χ0v) is 14.8. The molecule has 0 aromatic heterocycles. The Labute approximate surface area is 150 Å². The van der Waals surface area contributed by atoms with Crippen molar-refractivity contribution in [3.8, 4) is 0 Å². The van der Waals surface area contributed by atoms with Gasteiger partial charge >= 0.3 is 39.2 Å². The van der Waals surface area contributed by atoms with Crippen molar-refractivity contribution >= 4 is 11.9 Å². The van der Waals surface area contributed by atoms with E-state index in [4.69, 9.17) is 26.8 Å². The molecule has 0 saturated heterocycles. The molecule has 7 nitrogen and oxygen atoms in total. The molecule has 11 heteroatoms. The fourth-order valence-electron chi connectivity index (χ4n) is 2.67. The molecule has 0 aromatic rings. The van der Waals surface area contributed by atoms with Gasteiger partial charge < -0.3 is 26.8 Å². The predicted octanol–water partition coefficient (Wildman–Crippen LogP) is 2.63. The topological polar surface area (TPSA) is 142 Å². The van der Waals surface area contributed by atoms with Crippen LogP contribution in [0, 0.1) is 5.41 Å². The Morgan fingerprint density at radius 3 is 1.50 bits per heavy atom. The minimum Gasteiger partial charge on any atom is -0.676 e. The zero-order chi connectivity index (χ0) is 18.1. The molecule has 0 aliphatic heterocycles. The van der Waals surface area contributed by atoms with E-state index in [-0.39, 0.29) is 33.1 Å². The van der Waals surface area contributed by atoms with Crippen molar-refractivity contribution in [2.75, 3.05) is 0 Å². The number of alkyl halides is 3. The molecular weight excluding hydrogens is 516 g/mol. The number of carboxylic acid groups (broad SMARTS) is 2. The van der Waals surface area contributed by atoms with Crippen molar-refractivity contribution in [2.24, 2.45) is 5.41 Å². The van der Waals surface area contributed by atoms with Crippen LogP contribution in [0.5, 0.6) is 0 Å². The van der Waals surface area contributed by atoms with Gasteiger partial charge in [0.15, 0.2) is 11.0 Å². The van der Waals surface area contributed by atoms with E-state index in [0.717, 1.165) is 12.8 Å². The van der Waals surface area contributed by atoms with Crippen molar-refractivity contribution in [2.45, 2.75) is 62.4 Å². The molecule has 2 aliphatic carbocycles. The van der Waals surface area contributed by atoms with Crippen LogP contribution in [0.3, 0.4) is 0 Å². The van der Waals surface area contributed by atoms with Gasteiger partial charge in [-0.05, 0) is 0 Å². The van der Waals surface area contributed by atoms with E-state index in [1.54, 1.807) is 0 Å². The molecular formula is C13H19F3N2O5Pt. The molecule has 2 saturated carbocycles. The molecule has 0 heterocycles. The molecule has 0 spiro atoms. The number of aliphatic carboxylic acids is 2. The fourth-order valence-corrected chi connectivity index (χ4v) is 2.67. The average molecular weight is 535 g/mol. The standard InChI is InChI=1S/C7H7F3O5.C6H12N2.Pt/c8-7(9,10)6(15)1-5(2-6,3(11)12)4(13)14;7-5-3-1-2-4-6(5)8;/h15H,1-2H2,(H,11,12)(H,13,14);5-8H,1-4H2;/q;-2;+2/t;5-,6-;/m.1./s1. The van der Waals surface area contributed by atoms with E-state index in [0.29, 0.717) is 0 Å². The molecule has 142 valence electrons. The van der Waals surface area contributed by atoms with Crippen LogP contribution in [0.2, 0.25) is 0 Å². The van der Waals surface area contributed by atoms with Gasteiger partial charge in [-0.1, -0.05) is 25.7 Å². The molecule has 2 aliphatic rings. The number of carbonyl (C=O) groups is 2. The molecule has 2 atom stereocenters. The van der Waals surface area contributed by atoms with Crippen molar-refractivity contribution in [3.63, 3.8) is 0 Å². The number of hydrogen-bond donors (Lipinski definition) is 3. The fraction of sp³-hybridized carbons (Fsp3) is 0.846. The molecule has 0 aromatic carbocycles. The summed E-state index contributed by atoms with van der Waals surface area (Å²) in [6.45, 7) is 0. The average Bonchev–Trinajstić information content (AvgIpc) is 2.37. The van der Waals surface area contributed by atoms with Gasteiger partial charge in [-0.3, -0.25) is 9.59 Å². The monoisotopic (exact) mass is 535 g/mol. The molecule has 24 heavy (non-hydrogen) atoms. The van der Waals surface area contributed by atoms with Crippen molar-refractivity contribution < 1.29 is 59.1 Å². The minimum absolute atomic E-state index is 0. The Hall–Kier alpha value is -0.702. The summed E-state index contributed by atoms with van der Waals surface area (Å²) in [5.74, 6) is -3.74. The van der Waals surface area contributed by atoms with E-state index < -0.39 is 42.0 Å². The van der Waals surface area contributed by atoms with Gasteiger partial charge in [0.25, 0.3) is 0 Å². The van der Waals surface area contributed by atoms with Crippen LogP contribution in [0.4, 0.5) is 13.2 Å². The minimum atomic E-state index is -5.01. The number of hydrogen-bond acceptors (Lipinski definition) is 3. The quantitative estimate of drug-likeness (QED) is 0.466. The van der Waals surface area contributed by atoms with Gasteiger partial charge in [0.05, 0.1) is 0 Å². The molecule has 0 unspecified atom stereocenters. The first-order valence-electron chi connectivity index (χ1n) is 7.04. The summed E-state index contributed by atoms with van der Waals surface area (Å²) in [5, 5.41) is 25.9. The Kier molecular flexibility index (Phi) is 7.88. The van der Waals surface area contributed by atoms with Crippen LogP contribution >= 0.6 is 0 Å². The number of carboxylic acids is 2. The van der Waals surface area contributed by atoms with Gasteiger partial charge in [-0.15, -0.1) is 0 Å². The summed E-state index contributed by atoms with van der Waals surface area (Å²) in [4.78, 5) is 21.0. The summed E-state index contributed by atoms with van der Waals surface area (Å²) in [6, 6.07) is -0.160. The Balaban J connectivity index is 0.000000498. The first-order valence-corrected chi connectivity index (χ1v) is 7.04. The third kappa shape index (κ3) is 4.68. The van der Waals surface area contributed by atoms with E-state index in [9.17, 15) is 22.8 Å². The van der Waals surface area contributed by atoms with Gasteiger partial charge in [0, 0.05) is 12.8 Å². The van der Waals surface area contributed by atoms with Crippen molar-refractivity contribution in [3.05, 3.63) is 11.5 Å². The van der Waals surface area contributed by atoms with Crippen LogP contribution < -0.4 is 0 Å². The summed E-state index contributed by atoms with van der Waals surface area (Å²) in [5.41, 5.74) is 8.85. The second-order valence-corrected chi connectivity index (χ2v) is 6.07. The van der Waals surface area contributed by atoms with Crippen LogP contribution in [-0.4, -0.2) is 51.1 Å². The molecule has 0 bridgehead atoms. The number of halogens is 3. The summed E-state index contributed by atoms with van der Waals surface area (Å²) in [7, 11) is 0. The van der Waals surface area contributed by atoms with Crippen LogP contribution in [0.15, 0.2) is 0 Å². The molecule has 0 radical (unpaired) electrons. The SMILES string of the molecule is O=C(O)C1(C(=O)O)CC(O)(C(F)(F)F)C1.[NH-][C@@H]1CCCC[C@H]1[NH-].[Pt+2]. The van der Waals surface area contributed by atoms with Gasteiger partial charge in [-0.2, -0.15) is 25.3 Å². The van der Waals surface area contributed by atoms with Gasteiger partial charge in [-0.25, -0.2) is 0 Å². The zero-order valence-electron chi connectivity index (χ0n) is 12.5. The second kappa shape index (κ2) is 8.12. The molecule has 0 amide bonds. The number of aliphatic hydroxyl groups is 1. The summed E-state index contributed by atoms with van der Waals surface area (Å²) in [6.07, 6.45) is -3.47. The largest absolute Gasteiger partial charge is 2.00 e. The van der Waals surface area contributed by atoms with E-state index >= 15 is 0 Å². The maximum atomic E-state index is 12.1. The third-order valence-electron chi connectivity index (χ3n) is 4.30. The van der Waals surface area contributed by atoms with Gasteiger partial charge in [0.2, 0.25) is 0 Å². The van der Waals surface area contributed by atoms with E-state index in [2.05, 4.69) is 0 Å². The summed E-state index contributed by atoms with van der Waals surface area (Å²) >= 11 is 0. The van der Waals surface area contributed by atoms with Gasteiger partial charge in [0.1, 0.15) is 0 Å². The van der Waals surface area contributed by atoms with Crippen LogP contribution in [0.1, 0.15) is 38.5 Å². The smallest absolute Gasteiger partial charge is 0.676 e. The summed E-state index contributed by atoms with van der Waals surface area (Å²) < 4.78 is 36.4. The third-order valence-corrected chi connectivity index (χ3v) is 4.30. The molecule has 2 rings (SSSR count). The Morgan fingerprint density at radius 2 is 1.29 bits per heavy atom. The Bertz CT molecular complexity index is 443. The normalized spacial score (nSPS) is 27.6. The van der Waals surface area contributed by atoms with E-state index in [1.807, 2.05) is 0 Å². The number of rotatable bonds is 2. The van der Waals surface area contributed by atoms with Crippen LogP contribution in [-0.2, 0) is 30.7 Å². The molecule has 5 N–H and O–H groups in total. The van der Waals surface area contributed by atoms with Crippen LogP contribution in [0.25, 0.3) is 11.5 Å². The van der Waals surface area contributed by atoms with Crippen molar-refractivity contribution in [1.29, 1.82) is 0 Å². The first kappa shape index (κ1) is 23.3.